The molecule has 0 N–H and O–H groups in total. The molecule has 0 bridgehead atoms. The van der Waals surface area contributed by atoms with E-state index in [0.29, 0.717) is 18.7 Å². The molecule has 164 valence electrons. The second-order valence-electron chi connectivity index (χ2n) is 7.56. The van der Waals surface area contributed by atoms with Crippen molar-refractivity contribution >= 4 is 17.6 Å². The molecule has 0 unspecified atom stereocenters. The number of carbonyl (C=O) groups excluding carboxylic acids is 2. The van der Waals surface area contributed by atoms with E-state index in [1.807, 2.05) is 0 Å². The molecule has 0 radical (unpaired) electrons. The highest BCUT2D eigenvalue weighted by Crippen LogP contribution is 2.49. The van der Waals surface area contributed by atoms with Gasteiger partial charge in [-0.05, 0) is 60.9 Å². The van der Waals surface area contributed by atoms with Crippen molar-refractivity contribution in [3.63, 3.8) is 0 Å². The lowest BCUT2D eigenvalue weighted by atomic mass is 10.2. The van der Waals surface area contributed by atoms with Crippen LogP contribution < -0.4 is 9.64 Å². The Morgan fingerprint density at radius 3 is 2.44 bits per heavy atom. The number of rotatable bonds is 5. The summed E-state index contributed by atoms with van der Waals surface area (Å²) >= 11 is 0. The number of benzene rings is 1. The number of amides is 3. The van der Waals surface area contributed by atoms with Crippen molar-refractivity contribution in [3.05, 3.63) is 66.6 Å². The molecule has 1 aromatic carbocycles. The molecular formula is C21H16F3N5O3. The molecule has 2 fully saturated rings. The molecule has 3 aromatic rings. The summed E-state index contributed by atoms with van der Waals surface area (Å²) in [6.07, 6.45) is 1.20. The zero-order chi connectivity index (χ0) is 22.5. The maximum absolute atomic E-state index is 13.2. The van der Waals surface area contributed by atoms with Gasteiger partial charge >= 0.3 is 12.4 Å². The number of nitrogens with zero attached hydrogens (tertiary/aromatic N) is 5. The van der Waals surface area contributed by atoms with Crippen LogP contribution in [0.25, 0.3) is 5.82 Å². The van der Waals surface area contributed by atoms with Crippen LogP contribution in [0.5, 0.6) is 5.75 Å². The third-order valence-electron chi connectivity index (χ3n) is 5.48. The Balaban J connectivity index is 1.39. The standard InChI is InChI=1S/C21H16F3N5O3/c22-21(23,24)32-16-4-2-15(3-5-16)29-18(30)20(7-8-20)27(19(29)31)13-14-6-10-25-17(12-14)28-11-1-9-26-28/h1-6,9-12H,7-8,13H2. The molecule has 5 rings (SSSR count). The average Bonchev–Trinajstić information content (AvgIpc) is 3.31. The van der Waals surface area contributed by atoms with Crippen LogP contribution in [0.15, 0.2) is 61.1 Å². The predicted molar refractivity (Wildman–Crippen MR) is 105 cm³/mol. The Kier molecular flexibility index (Phi) is 4.43. The zero-order valence-corrected chi connectivity index (χ0v) is 16.5. The highest BCUT2D eigenvalue weighted by Gasteiger charge is 2.65. The highest BCUT2D eigenvalue weighted by molar-refractivity contribution is 6.24. The fourth-order valence-corrected chi connectivity index (χ4v) is 3.83. The van der Waals surface area contributed by atoms with Gasteiger partial charge in [-0.2, -0.15) is 5.10 Å². The SMILES string of the molecule is O=C1N(c2ccc(OC(F)(F)F)cc2)C(=O)C2(CC2)N1Cc1ccnc(-n2cccn2)c1. The van der Waals surface area contributed by atoms with Crippen molar-refractivity contribution in [2.75, 3.05) is 4.90 Å². The van der Waals surface area contributed by atoms with Gasteiger partial charge in [0.25, 0.3) is 5.91 Å². The Labute approximate surface area is 179 Å². The van der Waals surface area contributed by atoms with Crippen LogP contribution in [0.3, 0.4) is 0 Å². The second-order valence-corrected chi connectivity index (χ2v) is 7.56. The third kappa shape index (κ3) is 3.45. The number of ether oxygens (including phenoxy) is 1. The van der Waals surface area contributed by atoms with E-state index < -0.39 is 23.7 Å². The van der Waals surface area contributed by atoms with Crippen molar-refractivity contribution in [1.82, 2.24) is 19.7 Å². The van der Waals surface area contributed by atoms with Crippen molar-refractivity contribution in [2.45, 2.75) is 31.3 Å². The van der Waals surface area contributed by atoms with E-state index in [1.165, 1.54) is 17.0 Å². The van der Waals surface area contributed by atoms with Gasteiger partial charge in [-0.1, -0.05) is 0 Å². The Hall–Kier alpha value is -3.89. The summed E-state index contributed by atoms with van der Waals surface area (Å²) in [7, 11) is 0. The first kappa shape index (κ1) is 20.0. The van der Waals surface area contributed by atoms with Crippen molar-refractivity contribution in [3.8, 4) is 11.6 Å². The number of halogens is 3. The minimum absolute atomic E-state index is 0.188. The molecule has 1 saturated heterocycles. The Morgan fingerprint density at radius 1 is 1.06 bits per heavy atom. The fraction of sp³-hybridized carbons (Fsp3) is 0.238. The van der Waals surface area contributed by atoms with Gasteiger partial charge in [0.05, 0.1) is 5.69 Å². The van der Waals surface area contributed by atoms with Crippen LogP contribution in [-0.4, -0.2) is 43.5 Å². The molecule has 1 spiro atoms. The first-order chi connectivity index (χ1) is 15.3. The largest absolute Gasteiger partial charge is 0.573 e. The van der Waals surface area contributed by atoms with E-state index in [1.54, 1.807) is 41.5 Å². The number of imide groups is 1. The first-order valence-electron chi connectivity index (χ1n) is 9.74. The summed E-state index contributed by atoms with van der Waals surface area (Å²) in [5, 5.41) is 4.14. The van der Waals surface area contributed by atoms with E-state index in [0.717, 1.165) is 22.6 Å². The Morgan fingerprint density at radius 2 is 1.81 bits per heavy atom. The summed E-state index contributed by atoms with van der Waals surface area (Å²) in [4.78, 5) is 33.1. The van der Waals surface area contributed by atoms with Crippen LogP contribution in [0, 0.1) is 0 Å². The number of pyridine rings is 1. The molecular weight excluding hydrogens is 427 g/mol. The van der Waals surface area contributed by atoms with Gasteiger partial charge in [-0.15, -0.1) is 13.2 Å². The topological polar surface area (TPSA) is 80.6 Å². The number of alkyl halides is 3. The van der Waals surface area contributed by atoms with Gasteiger partial charge in [0.1, 0.15) is 11.3 Å². The normalized spacial score (nSPS) is 17.3. The molecule has 0 atom stereocenters. The Bertz CT molecular complexity index is 1170. The van der Waals surface area contributed by atoms with Crippen LogP contribution >= 0.6 is 0 Å². The monoisotopic (exact) mass is 443 g/mol. The minimum Gasteiger partial charge on any atom is -0.406 e. The molecule has 1 aliphatic heterocycles. The van der Waals surface area contributed by atoms with E-state index in [-0.39, 0.29) is 18.1 Å². The van der Waals surface area contributed by atoms with Crippen LogP contribution in [-0.2, 0) is 11.3 Å². The van der Waals surface area contributed by atoms with E-state index in [4.69, 9.17) is 0 Å². The number of hydrogen-bond acceptors (Lipinski definition) is 5. The number of carbonyl (C=O) groups is 2. The maximum atomic E-state index is 13.2. The quantitative estimate of drug-likeness (QED) is 0.563. The molecule has 2 aliphatic rings. The molecule has 1 saturated carbocycles. The summed E-state index contributed by atoms with van der Waals surface area (Å²) in [5.41, 5.74) is 0.0387. The molecule has 32 heavy (non-hydrogen) atoms. The predicted octanol–water partition coefficient (Wildman–Crippen LogP) is 3.67. The highest BCUT2D eigenvalue weighted by atomic mass is 19.4. The number of anilines is 1. The van der Waals surface area contributed by atoms with Gasteiger partial charge in [-0.3, -0.25) is 4.79 Å². The fourth-order valence-electron chi connectivity index (χ4n) is 3.83. The first-order valence-corrected chi connectivity index (χ1v) is 9.74. The van der Waals surface area contributed by atoms with Crippen molar-refractivity contribution in [1.29, 1.82) is 0 Å². The lowest BCUT2D eigenvalue weighted by molar-refractivity contribution is -0.274. The van der Waals surface area contributed by atoms with Gasteiger partial charge < -0.3 is 9.64 Å². The molecule has 3 amide bonds. The smallest absolute Gasteiger partial charge is 0.406 e. The molecule has 8 nitrogen and oxygen atoms in total. The summed E-state index contributed by atoms with van der Waals surface area (Å²) in [6, 6.07) is 9.46. The molecule has 3 heterocycles. The summed E-state index contributed by atoms with van der Waals surface area (Å²) in [6.45, 7) is 0.188. The van der Waals surface area contributed by atoms with Gasteiger partial charge in [-0.25, -0.2) is 19.4 Å². The number of urea groups is 1. The van der Waals surface area contributed by atoms with Gasteiger partial charge in [0, 0.05) is 25.1 Å². The van der Waals surface area contributed by atoms with Gasteiger partial charge in [0.15, 0.2) is 5.82 Å². The summed E-state index contributed by atoms with van der Waals surface area (Å²) < 4.78 is 42.6. The van der Waals surface area contributed by atoms with E-state index >= 15 is 0 Å². The molecule has 1 aliphatic carbocycles. The summed E-state index contributed by atoms with van der Waals surface area (Å²) in [5.74, 6) is -0.234. The van der Waals surface area contributed by atoms with E-state index in [2.05, 4.69) is 14.8 Å². The van der Waals surface area contributed by atoms with E-state index in [9.17, 15) is 22.8 Å². The van der Waals surface area contributed by atoms with Crippen LogP contribution in [0.2, 0.25) is 0 Å². The maximum Gasteiger partial charge on any atom is 0.573 e. The number of hydrogen-bond donors (Lipinski definition) is 0. The van der Waals surface area contributed by atoms with Crippen molar-refractivity contribution in [2.24, 2.45) is 0 Å². The second kappa shape index (κ2) is 7.08. The average molecular weight is 443 g/mol. The minimum atomic E-state index is -4.82. The zero-order valence-electron chi connectivity index (χ0n) is 16.5. The lowest BCUT2D eigenvalue weighted by Crippen LogP contribution is -2.36. The van der Waals surface area contributed by atoms with Crippen LogP contribution in [0.1, 0.15) is 18.4 Å². The van der Waals surface area contributed by atoms with Crippen LogP contribution in [0.4, 0.5) is 23.7 Å². The third-order valence-corrected chi connectivity index (χ3v) is 5.48. The van der Waals surface area contributed by atoms with Gasteiger partial charge in [0.2, 0.25) is 0 Å². The number of aromatic nitrogens is 3. The molecule has 11 heteroatoms. The molecule has 2 aromatic heterocycles. The van der Waals surface area contributed by atoms with Crippen molar-refractivity contribution < 1.29 is 27.5 Å². The lowest BCUT2D eigenvalue weighted by Gasteiger charge is -2.21.